The fraction of sp³-hybridized carbons (Fsp3) is 0.500. The van der Waals surface area contributed by atoms with Crippen molar-refractivity contribution in [1.29, 1.82) is 0 Å². The van der Waals surface area contributed by atoms with Gasteiger partial charge in [0.15, 0.2) is 6.04 Å². The zero-order chi connectivity index (χ0) is 13.8. The molecule has 1 aliphatic carbocycles. The van der Waals surface area contributed by atoms with E-state index in [0.717, 1.165) is 17.7 Å². The van der Waals surface area contributed by atoms with E-state index >= 15 is 0 Å². The van der Waals surface area contributed by atoms with Crippen molar-refractivity contribution < 1.29 is 19.8 Å². The first kappa shape index (κ1) is 13.8. The van der Waals surface area contributed by atoms with Crippen molar-refractivity contribution in [2.24, 2.45) is 0 Å². The van der Waals surface area contributed by atoms with Gasteiger partial charge in [-0.05, 0) is 24.3 Å². The molecule has 0 spiro atoms. The average molecular weight is 284 g/mol. The lowest BCUT2D eigenvalue weighted by Gasteiger charge is -2.24. The SMILES string of the molecule is O=C(O)C(CO)NC(=O)N(Cc1cccs1)C1CC1. The van der Waals surface area contributed by atoms with E-state index in [4.69, 9.17) is 10.2 Å². The lowest BCUT2D eigenvalue weighted by Crippen LogP contribution is -2.49. The highest BCUT2D eigenvalue weighted by molar-refractivity contribution is 7.09. The highest BCUT2D eigenvalue weighted by Crippen LogP contribution is 2.29. The summed E-state index contributed by atoms with van der Waals surface area (Å²) in [5.41, 5.74) is 0. The second kappa shape index (κ2) is 6.03. The summed E-state index contributed by atoms with van der Waals surface area (Å²) in [6, 6.07) is 2.34. The molecule has 0 aliphatic heterocycles. The predicted molar refractivity (Wildman–Crippen MR) is 69.9 cm³/mol. The van der Waals surface area contributed by atoms with Crippen molar-refractivity contribution >= 4 is 23.3 Å². The third-order valence-electron chi connectivity index (χ3n) is 2.93. The van der Waals surface area contributed by atoms with Gasteiger partial charge in [0.25, 0.3) is 0 Å². The quantitative estimate of drug-likeness (QED) is 0.723. The van der Waals surface area contributed by atoms with Gasteiger partial charge in [-0.1, -0.05) is 6.07 Å². The normalized spacial score (nSPS) is 15.8. The number of carboxylic acids is 1. The number of carbonyl (C=O) groups is 2. The van der Waals surface area contributed by atoms with Gasteiger partial charge in [0.1, 0.15) is 0 Å². The monoisotopic (exact) mass is 284 g/mol. The zero-order valence-electron chi connectivity index (χ0n) is 10.3. The van der Waals surface area contributed by atoms with Crippen LogP contribution in [-0.2, 0) is 11.3 Å². The number of aliphatic hydroxyl groups excluding tert-OH is 1. The van der Waals surface area contributed by atoms with Crippen LogP contribution in [-0.4, -0.2) is 45.8 Å². The molecule has 0 aromatic carbocycles. The summed E-state index contributed by atoms with van der Waals surface area (Å²) in [4.78, 5) is 25.6. The molecule has 6 nitrogen and oxygen atoms in total. The molecule has 1 aromatic rings. The second-order valence-corrected chi connectivity index (χ2v) is 5.49. The van der Waals surface area contributed by atoms with Gasteiger partial charge in [-0.2, -0.15) is 0 Å². The first-order valence-corrected chi connectivity index (χ1v) is 6.93. The van der Waals surface area contributed by atoms with Crippen LogP contribution in [0.25, 0.3) is 0 Å². The van der Waals surface area contributed by atoms with Crippen LogP contribution >= 0.6 is 11.3 Å². The number of nitrogens with one attached hydrogen (secondary N) is 1. The third kappa shape index (κ3) is 3.68. The molecule has 1 saturated carbocycles. The number of urea groups is 1. The van der Waals surface area contributed by atoms with Gasteiger partial charge < -0.3 is 20.4 Å². The molecule has 1 aliphatic rings. The number of thiophene rings is 1. The maximum absolute atomic E-state index is 12.1. The summed E-state index contributed by atoms with van der Waals surface area (Å²) in [5, 5.41) is 22.0. The Hall–Kier alpha value is -1.60. The first-order chi connectivity index (χ1) is 9.11. The Labute approximate surface area is 114 Å². The highest BCUT2D eigenvalue weighted by Gasteiger charge is 2.34. The van der Waals surface area contributed by atoms with Gasteiger partial charge in [0, 0.05) is 10.9 Å². The largest absolute Gasteiger partial charge is 0.480 e. The van der Waals surface area contributed by atoms with Crippen molar-refractivity contribution in [2.75, 3.05) is 6.61 Å². The lowest BCUT2D eigenvalue weighted by molar-refractivity contribution is -0.140. The number of aliphatic carboxylic acids is 1. The van der Waals surface area contributed by atoms with E-state index in [1.54, 1.807) is 16.2 Å². The molecule has 1 heterocycles. The molecule has 19 heavy (non-hydrogen) atoms. The van der Waals surface area contributed by atoms with E-state index in [1.165, 1.54) is 0 Å². The number of hydrogen-bond acceptors (Lipinski definition) is 4. The van der Waals surface area contributed by atoms with Crippen LogP contribution in [0.2, 0.25) is 0 Å². The number of carboxylic acid groups (broad SMARTS) is 1. The first-order valence-electron chi connectivity index (χ1n) is 6.05. The molecule has 1 atom stereocenters. The van der Waals surface area contributed by atoms with E-state index < -0.39 is 24.6 Å². The number of hydrogen-bond donors (Lipinski definition) is 3. The Morgan fingerprint density at radius 2 is 2.26 bits per heavy atom. The smallest absolute Gasteiger partial charge is 0.328 e. The lowest BCUT2D eigenvalue weighted by atomic mass is 10.3. The van der Waals surface area contributed by atoms with Gasteiger partial charge in [-0.3, -0.25) is 0 Å². The molecule has 0 bridgehead atoms. The minimum Gasteiger partial charge on any atom is -0.480 e. The summed E-state index contributed by atoms with van der Waals surface area (Å²) < 4.78 is 0. The van der Waals surface area contributed by atoms with Gasteiger partial charge in [-0.25, -0.2) is 9.59 Å². The summed E-state index contributed by atoms with van der Waals surface area (Å²) in [7, 11) is 0. The van der Waals surface area contributed by atoms with Crippen LogP contribution in [0.3, 0.4) is 0 Å². The molecule has 0 radical (unpaired) electrons. The van der Waals surface area contributed by atoms with E-state index in [0.29, 0.717) is 6.54 Å². The number of nitrogens with zero attached hydrogens (tertiary/aromatic N) is 1. The molecule has 2 amide bonds. The van der Waals surface area contributed by atoms with E-state index in [9.17, 15) is 9.59 Å². The summed E-state index contributed by atoms with van der Waals surface area (Å²) in [5.74, 6) is -1.23. The van der Waals surface area contributed by atoms with Crippen molar-refractivity contribution in [3.63, 3.8) is 0 Å². The van der Waals surface area contributed by atoms with Crippen molar-refractivity contribution in [3.8, 4) is 0 Å². The fourth-order valence-corrected chi connectivity index (χ4v) is 2.44. The van der Waals surface area contributed by atoms with Crippen LogP contribution in [0.5, 0.6) is 0 Å². The minimum absolute atomic E-state index is 0.176. The third-order valence-corrected chi connectivity index (χ3v) is 3.79. The Balaban J connectivity index is 1.98. The Kier molecular flexibility index (Phi) is 4.39. The minimum atomic E-state index is -1.25. The van der Waals surface area contributed by atoms with Gasteiger partial charge in [-0.15, -0.1) is 11.3 Å². The standard InChI is InChI=1S/C12H16N2O4S/c15-7-10(11(16)17)13-12(18)14(8-3-4-8)6-9-2-1-5-19-9/h1-2,5,8,10,15H,3-4,6-7H2,(H,13,18)(H,16,17). The van der Waals surface area contributed by atoms with Crippen LogP contribution in [0, 0.1) is 0 Å². The summed E-state index contributed by atoms with van der Waals surface area (Å²) in [6.45, 7) is -0.134. The fourth-order valence-electron chi connectivity index (χ4n) is 1.74. The van der Waals surface area contributed by atoms with E-state index in [-0.39, 0.29) is 6.04 Å². The Bertz CT molecular complexity index is 445. The predicted octanol–water partition coefficient (Wildman–Crippen LogP) is 0.868. The molecular formula is C12H16N2O4S. The molecule has 3 N–H and O–H groups in total. The number of carbonyl (C=O) groups excluding carboxylic acids is 1. The maximum Gasteiger partial charge on any atom is 0.328 e. The number of amides is 2. The molecule has 1 aromatic heterocycles. The molecule has 7 heteroatoms. The molecular weight excluding hydrogens is 268 g/mol. The van der Waals surface area contributed by atoms with Crippen LogP contribution in [0.15, 0.2) is 17.5 Å². The molecule has 1 fully saturated rings. The van der Waals surface area contributed by atoms with Gasteiger partial charge in [0.2, 0.25) is 0 Å². The number of aliphatic hydroxyl groups is 1. The van der Waals surface area contributed by atoms with Crippen LogP contribution in [0.1, 0.15) is 17.7 Å². The average Bonchev–Trinajstić information content (AvgIpc) is 3.09. The molecule has 0 saturated heterocycles. The summed E-state index contributed by atoms with van der Waals surface area (Å²) >= 11 is 1.56. The topological polar surface area (TPSA) is 89.9 Å². The second-order valence-electron chi connectivity index (χ2n) is 4.46. The van der Waals surface area contributed by atoms with E-state index in [1.807, 2.05) is 17.5 Å². The van der Waals surface area contributed by atoms with Gasteiger partial charge in [0.05, 0.1) is 13.2 Å². The highest BCUT2D eigenvalue weighted by atomic mass is 32.1. The van der Waals surface area contributed by atoms with E-state index in [2.05, 4.69) is 5.32 Å². The molecule has 1 unspecified atom stereocenters. The molecule has 104 valence electrons. The van der Waals surface area contributed by atoms with Crippen molar-refractivity contribution in [1.82, 2.24) is 10.2 Å². The van der Waals surface area contributed by atoms with Crippen LogP contribution in [0.4, 0.5) is 4.79 Å². The van der Waals surface area contributed by atoms with Crippen molar-refractivity contribution in [3.05, 3.63) is 22.4 Å². The maximum atomic E-state index is 12.1. The Morgan fingerprint density at radius 1 is 1.53 bits per heavy atom. The van der Waals surface area contributed by atoms with Crippen LogP contribution < -0.4 is 5.32 Å². The zero-order valence-corrected chi connectivity index (χ0v) is 11.1. The Morgan fingerprint density at radius 3 is 2.74 bits per heavy atom. The number of rotatable bonds is 6. The van der Waals surface area contributed by atoms with Crippen molar-refractivity contribution in [2.45, 2.75) is 31.5 Å². The molecule has 2 rings (SSSR count). The van der Waals surface area contributed by atoms with Gasteiger partial charge >= 0.3 is 12.0 Å². The summed E-state index contributed by atoms with van der Waals surface area (Å²) in [6.07, 6.45) is 1.88.